The van der Waals surface area contributed by atoms with E-state index in [2.05, 4.69) is 43.1 Å². The average Bonchev–Trinajstić information content (AvgIpc) is 2.56. The molecule has 2 rings (SSSR count). The predicted octanol–water partition coefficient (Wildman–Crippen LogP) is 4.06. The van der Waals surface area contributed by atoms with Crippen molar-refractivity contribution in [3.63, 3.8) is 0 Å². The number of aromatic nitrogens is 1. The van der Waals surface area contributed by atoms with Crippen LogP contribution in [0.15, 0.2) is 24.3 Å². The second-order valence-corrected chi connectivity index (χ2v) is 3.13. The topological polar surface area (TPSA) is 15.8 Å². The van der Waals surface area contributed by atoms with Crippen LogP contribution in [0.3, 0.4) is 0 Å². The fourth-order valence-electron chi connectivity index (χ4n) is 1.79. The van der Waals surface area contributed by atoms with Crippen LogP contribution in [0.5, 0.6) is 0 Å². The highest BCUT2D eigenvalue weighted by molar-refractivity contribution is 5.84. The van der Waals surface area contributed by atoms with E-state index in [0.717, 1.165) is 6.42 Å². The lowest BCUT2D eigenvalue weighted by molar-refractivity contribution is 1.11. The van der Waals surface area contributed by atoms with Gasteiger partial charge in [0.15, 0.2) is 0 Å². The van der Waals surface area contributed by atoms with Crippen molar-refractivity contribution < 1.29 is 0 Å². The minimum atomic E-state index is 1.11. The van der Waals surface area contributed by atoms with Crippen molar-refractivity contribution in [2.24, 2.45) is 0 Å². The summed E-state index contributed by atoms with van der Waals surface area (Å²) in [5.74, 6) is 0. The summed E-state index contributed by atoms with van der Waals surface area (Å²) >= 11 is 0. The number of para-hydroxylation sites is 1. The monoisotopic (exact) mass is 189 g/mol. The molecule has 0 aliphatic carbocycles. The summed E-state index contributed by atoms with van der Waals surface area (Å²) in [6.45, 7) is 8.33. The summed E-state index contributed by atoms with van der Waals surface area (Å²) in [5, 5.41) is 1.37. The second-order valence-electron chi connectivity index (χ2n) is 3.13. The molecular weight excluding hydrogens is 170 g/mol. The summed E-state index contributed by atoms with van der Waals surface area (Å²) < 4.78 is 0. The molecule has 0 fully saturated rings. The summed E-state index contributed by atoms with van der Waals surface area (Å²) in [4.78, 5) is 3.38. The van der Waals surface area contributed by atoms with E-state index in [0.29, 0.717) is 0 Å². The summed E-state index contributed by atoms with van der Waals surface area (Å²) in [7, 11) is 0. The Bertz CT molecular complexity index is 399. The molecule has 1 heterocycles. The highest BCUT2D eigenvalue weighted by atomic mass is 14.7. The third kappa shape index (κ3) is 1.82. The minimum absolute atomic E-state index is 1.11. The van der Waals surface area contributed by atoms with Crippen molar-refractivity contribution in [3.8, 4) is 0 Å². The van der Waals surface area contributed by atoms with Gasteiger partial charge in [0.05, 0.1) is 0 Å². The molecule has 0 unspecified atom stereocenters. The molecule has 0 aliphatic heterocycles. The highest BCUT2D eigenvalue weighted by Gasteiger charge is 2.03. The van der Waals surface area contributed by atoms with Crippen molar-refractivity contribution in [2.45, 2.75) is 34.1 Å². The van der Waals surface area contributed by atoms with Crippen LogP contribution in [-0.2, 0) is 6.42 Å². The predicted molar refractivity (Wildman–Crippen MR) is 63.8 cm³/mol. The molecule has 14 heavy (non-hydrogen) atoms. The van der Waals surface area contributed by atoms with E-state index in [1.54, 1.807) is 0 Å². The van der Waals surface area contributed by atoms with E-state index in [4.69, 9.17) is 0 Å². The number of H-pyrrole nitrogens is 1. The standard InChI is InChI=1S/C11H13N.C2H6/c1-3-9-8(2)12-11-7-5-4-6-10(9)11;1-2/h4-7,12H,3H2,1-2H3;1-2H3. The second kappa shape index (κ2) is 4.85. The summed E-state index contributed by atoms with van der Waals surface area (Å²) in [5.41, 5.74) is 4.01. The Balaban J connectivity index is 0.000000461. The summed E-state index contributed by atoms with van der Waals surface area (Å²) in [6, 6.07) is 8.46. The van der Waals surface area contributed by atoms with E-state index in [-0.39, 0.29) is 0 Å². The quantitative estimate of drug-likeness (QED) is 0.696. The Labute approximate surface area is 86.2 Å². The van der Waals surface area contributed by atoms with Crippen molar-refractivity contribution in [3.05, 3.63) is 35.5 Å². The molecule has 0 radical (unpaired) electrons. The van der Waals surface area contributed by atoms with Gasteiger partial charge in [0.1, 0.15) is 0 Å². The number of fused-ring (bicyclic) bond motifs is 1. The van der Waals surface area contributed by atoms with Crippen molar-refractivity contribution in [1.82, 2.24) is 4.98 Å². The number of hydrogen-bond donors (Lipinski definition) is 1. The molecule has 0 spiro atoms. The lowest BCUT2D eigenvalue weighted by Crippen LogP contribution is -1.79. The van der Waals surface area contributed by atoms with Gasteiger partial charge in [-0.15, -0.1) is 0 Å². The molecule has 2 aromatic rings. The van der Waals surface area contributed by atoms with E-state index < -0.39 is 0 Å². The number of rotatable bonds is 1. The Morgan fingerprint density at radius 2 is 1.79 bits per heavy atom. The van der Waals surface area contributed by atoms with E-state index in [9.17, 15) is 0 Å². The van der Waals surface area contributed by atoms with Gasteiger partial charge in [-0.3, -0.25) is 0 Å². The first-order valence-corrected chi connectivity index (χ1v) is 5.39. The van der Waals surface area contributed by atoms with Crippen LogP contribution in [0.25, 0.3) is 10.9 Å². The van der Waals surface area contributed by atoms with E-state index in [1.165, 1.54) is 22.2 Å². The third-order valence-corrected chi connectivity index (χ3v) is 2.38. The molecule has 1 heteroatoms. The van der Waals surface area contributed by atoms with Crippen LogP contribution in [-0.4, -0.2) is 4.98 Å². The van der Waals surface area contributed by atoms with Crippen molar-refractivity contribution in [1.29, 1.82) is 0 Å². The first-order chi connectivity index (χ1) is 6.83. The highest BCUT2D eigenvalue weighted by Crippen LogP contribution is 2.21. The van der Waals surface area contributed by atoms with Crippen LogP contribution in [0.1, 0.15) is 32.0 Å². The molecule has 0 saturated heterocycles. The smallest absolute Gasteiger partial charge is 0.0458 e. The third-order valence-electron chi connectivity index (χ3n) is 2.38. The number of hydrogen-bond acceptors (Lipinski definition) is 0. The van der Waals surface area contributed by atoms with E-state index >= 15 is 0 Å². The fraction of sp³-hybridized carbons (Fsp3) is 0.385. The van der Waals surface area contributed by atoms with Crippen LogP contribution in [0, 0.1) is 6.92 Å². The fourth-order valence-corrected chi connectivity index (χ4v) is 1.79. The Hall–Kier alpha value is -1.24. The van der Waals surface area contributed by atoms with Crippen LogP contribution in [0.2, 0.25) is 0 Å². The molecule has 0 atom stereocenters. The Morgan fingerprint density at radius 3 is 2.43 bits per heavy atom. The molecule has 0 saturated carbocycles. The van der Waals surface area contributed by atoms with Crippen molar-refractivity contribution >= 4 is 10.9 Å². The first-order valence-electron chi connectivity index (χ1n) is 5.39. The van der Waals surface area contributed by atoms with Gasteiger partial charge in [0, 0.05) is 16.6 Å². The van der Waals surface area contributed by atoms with Gasteiger partial charge >= 0.3 is 0 Å². The number of nitrogens with one attached hydrogen (secondary N) is 1. The summed E-state index contributed by atoms with van der Waals surface area (Å²) in [6.07, 6.45) is 1.11. The zero-order valence-corrected chi connectivity index (χ0v) is 9.52. The SMILES string of the molecule is CC.CCc1c(C)[nH]c2ccccc12. The number of aryl methyl sites for hydroxylation is 2. The lowest BCUT2D eigenvalue weighted by Gasteiger charge is -1.93. The zero-order valence-electron chi connectivity index (χ0n) is 9.52. The minimum Gasteiger partial charge on any atom is -0.358 e. The van der Waals surface area contributed by atoms with Crippen LogP contribution < -0.4 is 0 Å². The van der Waals surface area contributed by atoms with Gasteiger partial charge in [0.25, 0.3) is 0 Å². The van der Waals surface area contributed by atoms with Gasteiger partial charge < -0.3 is 4.98 Å². The Morgan fingerprint density at radius 1 is 1.14 bits per heavy atom. The van der Waals surface area contributed by atoms with Crippen LogP contribution in [0.4, 0.5) is 0 Å². The molecule has 1 nitrogen and oxygen atoms in total. The largest absolute Gasteiger partial charge is 0.358 e. The molecule has 0 amide bonds. The Kier molecular flexibility index (Phi) is 3.75. The maximum Gasteiger partial charge on any atom is 0.0458 e. The van der Waals surface area contributed by atoms with Gasteiger partial charge in [-0.25, -0.2) is 0 Å². The normalized spacial score (nSPS) is 9.71. The van der Waals surface area contributed by atoms with Gasteiger partial charge in [-0.1, -0.05) is 39.0 Å². The van der Waals surface area contributed by atoms with Gasteiger partial charge in [0.2, 0.25) is 0 Å². The molecule has 1 aromatic heterocycles. The van der Waals surface area contributed by atoms with Crippen molar-refractivity contribution in [2.75, 3.05) is 0 Å². The molecule has 0 aliphatic rings. The molecule has 76 valence electrons. The molecular formula is C13H19N. The van der Waals surface area contributed by atoms with Crippen LogP contribution >= 0.6 is 0 Å². The maximum absolute atomic E-state index is 3.38. The molecule has 1 aromatic carbocycles. The maximum atomic E-state index is 3.38. The van der Waals surface area contributed by atoms with Gasteiger partial charge in [-0.2, -0.15) is 0 Å². The van der Waals surface area contributed by atoms with Gasteiger partial charge in [-0.05, 0) is 25.0 Å². The zero-order chi connectivity index (χ0) is 10.6. The molecule has 1 N–H and O–H groups in total. The lowest BCUT2D eigenvalue weighted by atomic mass is 10.1. The first kappa shape index (κ1) is 10.8. The number of aromatic amines is 1. The average molecular weight is 189 g/mol. The van der Waals surface area contributed by atoms with E-state index in [1.807, 2.05) is 13.8 Å². The number of benzene rings is 1. The molecule has 0 bridgehead atoms.